The molecule has 1 aromatic heterocycles. The molecule has 4 heteroatoms. The van der Waals surface area contributed by atoms with Crippen molar-refractivity contribution >= 4 is 6.09 Å². The van der Waals surface area contributed by atoms with Crippen molar-refractivity contribution in [2.45, 2.75) is 72.6 Å². The lowest BCUT2D eigenvalue weighted by Crippen LogP contribution is -2.32. The molecule has 124 valence electrons. The van der Waals surface area contributed by atoms with E-state index in [9.17, 15) is 4.79 Å². The highest BCUT2D eigenvalue weighted by molar-refractivity contribution is 5.67. The van der Waals surface area contributed by atoms with E-state index >= 15 is 0 Å². The van der Waals surface area contributed by atoms with Crippen molar-refractivity contribution in [1.29, 1.82) is 0 Å². The van der Waals surface area contributed by atoms with E-state index in [1.165, 1.54) is 5.69 Å². The molecule has 0 saturated carbocycles. The number of hydrogen-bond donors (Lipinski definition) is 1. The minimum atomic E-state index is -0.480. The van der Waals surface area contributed by atoms with Gasteiger partial charge >= 0.3 is 6.09 Å². The van der Waals surface area contributed by atoms with Crippen LogP contribution in [0.4, 0.5) is 4.79 Å². The first-order chi connectivity index (χ1) is 9.88. The molecule has 0 bridgehead atoms. The molecular formula is C18H30N2O2. The van der Waals surface area contributed by atoms with Crippen molar-refractivity contribution in [1.82, 2.24) is 9.88 Å². The third-order valence-electron chi connectivity index (χ3n) is 3.00. The molecule has 1 rings (SSSR count). The molecule has 0 saturated heterocycles. The smallest absolute Gasteiger partial charge is 0.407 e. The fourth-order valence-corrected chi connectivity index (χ4v) is 2.22. The second-order valence-corrected chi connectivity index (χ2v) is 7.92. The highest BCUT2D eigenvalue weighted by atomic mass is 16.6. The van der Waals surface area contributed by atoms with Crippen molar-refractivity contribution in [3.05, 3.63) is 35.7 Å². The van der Waals surface area contributed by atoms with Crippen LogP contribution in [0.3, 0.4) is 0 Å². The fourth-order valence-electron chi connectivity index (χ4n) is 2.22. The number of allylic oxidation sites excluding steroid dienone is 1. The summed E-state index contributed by atoms with van der Waals surface area (Å²) in [6, 6.07) is 2.14. The van der Waals surface area contributed by atoms with E-state index in [2.05, 4.69) is 49.5 Å². The number of nitrogens with zero attached hydrogens (tertiary/aromatic N) is 1. The number of hydrogen-bond acceptors (Lipinski definition) is 2. The maximum Gasteiger partial charge on any atom is 0.407 e. The van der Waals surface area contributed by atoms with Gasteiger partial charge in [0, 0.05) is 30.4 Å². The summed E-state index contributed by atoms with van der Waals surface area (Å²) in [7, 11) is 0. The zero-order chi connectivity index (χ0) is 17.1. The van der Waals surface area contributed by atoms with E-state index in [-0.39, 0.29) is 5.41 Å². The normalized spacial score (nSPS) is 12.1. The Kier molecular flexibility index (Phi) is 5.49. The largest absolute Gasteiger partial charge is 0.444 e. The van der Waals surface area contributed by atoms with Crippen molar-refractivity contribution in [3.8, 4) is 0 Å². The van der Waals surface area contributed by atoms with Gasteiger partial charge in [0.25, 0.3) is 0 Å². The lowest BCUT2D eigenvalue weighted by Gasteiger charge is -2.21. The van der Waals surface area contributed by atoms with Gasteiger partial charge < -0.3 is 14.6 Å². The first kappa shape index (κ1) is 18.3. The third-order valence-corrected chi connectivity index (χ3v) is 3.00. The SMILES string of the molecule is C=C(C)Cn1cc(CNC(=O)OC(C)(C)C)cc1C(C)(C)C. The first-order valence-corrected chi connectivity index (χ1v) is 7.69. The van der Waals surface area contributed by atoms with Crippen LogP contribution in [0.15, 0.2) is 24.4 Å². The van der Waals surface area contributed by atoms with Crippen LogP contribution in [-0.4, -0.2) is 16.3 Å². The van der Waals surface area contributed by atoms with E-state index in [1.54, 1.807) is 0 Å². The lowest BCUT2D eigenvalue weighted by atomic mass is 9.92. The maximum atomic E-state index is 11.7. The Hall–Kier alpha value is -1.71. The molecule has 0 atom stereocenters. The molecule has 0 spiro atoms. The standard InChI is InChI=1S/C18H30N2O2/c1-13(2)11-20-12-14(9-15(20)17(3,4)5)10-19-16(21)22-18(6,7)8/h9,12H,1,10-11H2,2-8H3,(H,19,21). The van der Waals surface area contributed by atoms with Crippen molar-refractivity contribution in [2.24, 2.45) is 0 Å². The zero-order valence-electron chi connectivity index (χ0n) is 15.0. The Morgan fingerprint density at radius 2 is 1.86 bits per heavy atom. The number of ether oxygens (including phenoxy) is 1. The van der Waals surface area contributed by atoms with Crippen LogP contribution in [-0.2, 0) is 23.2 Å². The Morgan fingerprint density at radius 3 is 2.32 bits per heavy atom. The van der Waals surface area contributed by atoms with Crippen molar-refractivity contribution in [2.75, 3.05) is 0 Å². The summed E-state index contributed by atoms with van der Waals surface area (Å²) in [5.41, 5.74) is 2.97. The minimum Gasteiger partial charge on any atom is -0.444 e. The summed E-state index contributed by atoms with van der Waals surface area (Å²) >= 11 is 0. The van der Waals surface area contributed by atoms with Crippen LogP contribution in [0.25, 0.3) is 0 Å². The molecule has 1 N–H and O–H groups in total. The Labute approximate surface area is 134 Å². The van der Waals surface area contributed by atoms with Crippen molar-refractivity contribution < 1.29 is 9.53 Å². The minimum absolute atomic E-state index is 0.0413. The zero-order valence-corrected chi connectivity index (χ0v) is 15.0. The predicted octanol–water partition coefficient (Wildman–Crippen LogP) is 4.39. The maximum absolute atomic E-state index is 11.7. The molecule has 0 aliphatic heterocycles. The van der Waals surface area contributed by atoms with Crippen LogP contribution < -0.4 is 5.32 Å². The van der Waals surface area contributed by atoms with E-state index in [1.807, 2.05) is 27.7 Å². The van der Waals surface area contributed by atoms with Gasteiger partial charge in [-0.05, 0) is 39.3 Å². The molecule has 0 aromatic carbocycles. The molecule has 4 nitrogen and oxygen atoms in total. The van der Waals surface area contributed by atoms with Gasteiger partial charge in [0.15, 0.2) is 0 Å². The average molecular weight is 306 g/mol. The summed E-state index contributed by atoms with van der Waals surface area (Å²) in [5, 5.41) is 2.80. The summed E-state index contributed by atoms with van der Waals surface area (Å²) in [6.07, 6.45) is 1.68. The van der Waals surface area contributed by atoms with Gasteiger partial charge in [-0.3, -0.25) is 0 Å². The number of carbonyl (C=O) groups excluding carboxylic acids is 1. The van der Waals surface area contributed by atoms with Crippen LogP contribution in [0.2, 0.25) is 0 Å². The van der Waals surface area contributed by atoms with Gasteiger partial charge in [-0.25, -0.2) is 4.79 Å². The highest BCUT2D eigenvalue weighted by Crippen LogP contribution is 2.25. The Balaban J connectivity index is 2.82. The quantitative estimate of drug-likeness (QED) is 0.839. The number of alkyl carbamates (subject to hydrolysis) is 1. The van der Waals surface area contributed by atoms with Gasteiger partial charge in [0.1, 0.15) is 5.60 Å². The third kappa shape index (κ3) is 5.96. The molecular weight excluding hydrogens is 276 g/mol. The summed E-state index contributed by atoms with van der Waals surface area (Å²) in [4.78, 5) is 11.7. The number of rotatable bonds is 4. The van der Waals surface area contributed by atoms with Crippen LogP contribution in [0.1, 0.15) is 59.7 Å². The van der Waals surface area contributed by atoms with Gasteiger partial charge in [-0.1, -0.05) is 32.9 Å². The number of amides is 1. The Morgan fingerprint density at radius 1 is 1.27 bits per heavy atom. The highest BCUT2D eigenvalue weighted by Gasteiger charge is 2.20. The average Bonchev–Trinajstić information content (AvgIpc) is 2.66. The number of aromatic nitrogens is 1. The molecule has 22 heavy (non-hydrogen) atoms. The fraction of sp³-hybridized carbons (Fsp3) is 0.611. The van der Waals surface area contributed by atoms with Gasteiger partial charge in [0.05, 0.1) is 0 Å². The monoisotopic (exact) mass is 306 g/mol. The summed E-state index contributed by atoms with van der Waals surface area (Å²) in [6.45, 7) is 19.4. The molecule has 0 aliphatic carbocycles. The van der Waals surface area contributed by atoms with Gasteiger partial charge in [-0.2, -0.15) is 0 Å². The van der Waals surface area contributed by atoms with Crippen LogP contribution in [0.5, 0.6) is 0 Å². The molecule has 0 unspecified atom stereocenters. The molecule has 0 fully saturated rings. The van der Waals surface area contributed by atoms with Crippen LogP contribution >= 0.6 is 0 Å². The lowest BCUT2D eigenvalue weighted by molar-refractivity contribution is 0.0523. The molecule has 0 radical (unpaired) electrons. The predicted molar refractivity (Wildman–Crippen MR) is 91.0 cm³/mol. The van der Waals surface area contributed by atoms with E-state index in [0.29, 0.717) is 6.54 Å². The molecule has 0 aliphatic rings. The number of carbonyl (C=O) groups is 1. The molecule has 1 amide bonds. The first-order valence-electron chi connectivity index (χ1n) is 7.69. The second kappa shape index (κ2) is 6.59. The van der Waals surface area contributed by atoms with Crippen molar-refractivity contribution in [3.63, 3.8) is 0 Å². The summed E-state index contributed by atoms with van der Waals surface area (Å²) < 4.78 is 7.46. The van der Waals surface area contributed by atoms with Gasteiger partial charge in [0.2, 0.25) is 0 Å². The topological polar surface area (TPSA) is 43.3 Å². The van der Waals surface area contributed by atoms with Crippen LogP contribution in [0, 0.1) is 0 Å². The summed E-state index contributed by atoms with van der Waals surface area (Å²) in [5.74, 6) is 0. The second-order valence-electron chi connectivity index (χ2n) is 7.92. The van der Waals surface area contributed by atoms with Gasteiger partial charge in [-0.15, -0.1) is 0 Å². The van der Waals surface area contributed by atoms with E-state index < -0.39 is 11.7 Å². The number of nitrogens with one attached hydrogen (secondary N) is 1. The molecule has 1 heterocycles. The van der Waals surface area contributed by atoms with E-state index in [4.69, 9.17) is 4.74 Å². The molecule has 1 aromatic rings. The Bertz CT molecular complexity index is 542. The van der Waals surface area contributed by atoms with E-state index in [0.717, 1.165) is 17.7 Å².